The van der Waals surface area contributed by atoms with Gasteiger partial charge in [0.25, 0.3) is 0 Å². The molecule has 1 atom stereocenters. The van der Waals surface area contributed by atoms with Gasteiger partial charge >= 0.3 is 10.2 Å². The standard InChI is InChI=1S/C24H33N3O4S2/c1-4-27(21-10-12-22(13-11-21)31-5-2)33(29,30)26-16-6-7-20(18-26)24(28)25-17-19-8-14-23(32-3)15-9-19/h8-15,20H,4-7,16-18H2,1-3H3,(H,25,28)/t20-/m1/s1. The van der Waals surface area contributed by atoms with Crippen LogP contribution < -0.4 is 14.4 Å². The summed E-state index contributed by atoms with van der Waals surface area (Å²) in [4.78, 5) is 14.0. The van der Waals surface area contributed by atoms with Gasteiger partial charge < -0.3 is 10.1 Å². The van der Waals surface area contributed by atoms with E-state index in [0.717, 1.165) is 5.56 Å². The number of thioether (sulfide) groups is 1. The monoisotopic (exact) mass is 491 g/mol. The summed E-state index contributed by atoms with van der Waals surface area (Å²) in [5.74, 6) is 0.235. The molecule has 0 saturated carbocycles. The number of hydrogen-bond donors (Lipinski definition) is 1. The summed E-state index contributed by atoms with van der Waals surface area (Å²) in [7, 11) is -3.75. The Morgan fingerprint density at radius 1 is 1.15 bits per heavy atom. The lowest BCUT2D eigenvalue weighted by Crippen LogP contribution is -2.50. The normalized spacial score (nSPS) is 16.9. The molecule has 1 aliphatic rings. The highest BCUT2D eigenvalue weighted by Gasteiger charge is 2.35. The molecule has 0 radical (unpaired) electrons. The zero-order chi connectivity index (χ0) is 23.8. The van der Waals surface area contributed by atoms with E-state index in [-0.39, 0.29) is 18.4 Å². The lowest BCUT2D eigenvalue weighted by atomic mass is 9.99. The largest absolute Gasteiger partial charge is 0.494 e. The van der Waals surface area contributed by atoms with E-state index in [1.165, 1.54) is 13.5 Å². The Morgan fingerprint density at radius 3 is 2.45 bits per heavy atom. The molecule has 7 nitrogen and oxygen atoms in total. The van der Waals surface area contributed by atoms with Crippen LogP contribution >= 0.6 is 11.8 Å². The smallest absolute Gasteiger partial charge is 0.304 e. The van der Waals surface area contributed by atoms with Crippen molar-refractivity contribution in [1.29, 1.82) is 0 Å². The van der Waals surface area contributed by atoms with Crippen molar-refractivity contribution in [2.75, 3.05) is 36.8 Å². The predicted octanol–water partition coefficient (Wildman–Crippen LogP) is 3.91. The van der Waals surface area contributed by atoms with Crippen LogP contribution in [0.1, 0.15) is 32.3 Å². The Morgan fingerprint density at radius 2 is 1.85 bits per heavy atom. The van der Waals surface area contributed by atoms with Gasteiger partial charge in [-0.3, -0.25) is 9.10 Å². The summed E-state index contributed by atoms with van der Waals surface area (Å²) in [6.07, 6.45) is 3.36. The third kappa shape index (κ3) is 6.43. The highest BCUT2D eigenvalue weighted by atomic mass is 32.2. The maximum absolute atomic E-state index is 13.4. The minimum atomic E-state index is -3.75. The summed E-state index contributed by atoms with van der Waals surface area (Å²) in [6, 6.07) is 15.1. The van der Waals surface area contributed by atoms with Crippen molar-refractivity contribution < 1.29 is 17.9 Å². The van der Waals surface area contributed by atoms with Gasteiger partial charge in [-0.05, 0) is 74.9 Å². The fourth-order valence-corrected chi connectivity index (χ4v) is 6.07. The van der Waals surface area contributed by atoms with Crippen LogP contribution in [0.5, 0.6) is 5.75 Å². The number of amides is 1. The quantitative estimate of drug-likeness (QED) is 0.510. The van der Waals surface area contributed by atoms with Crippen LogP contribution in [0.3, 0.4) is 0 Å². The third-order valence-electron chi connectivity index (χ3n) is 5.71. The van der Waals surface area contributed by atoms with Crippen LogP contribution in [-0.2, 0) is 21.5 Å². The molecule has 0 unspecified atom stereocenters. The molecule has 33 heavy (non-hydrogen) atoms. The van der Waals surface area contributed by atoms with Gasteiger partial charge in [0.05, 0.1) is 18.2 Å². The number of piperidine rings is 1. The van der Waals surface area contributed by atoms with Crippen molar-refractivity contribution in [3.05, 3.63) is 54.1 Å². The Labute approximate surface area is 201 Å². The topological polar surface area (TPSA) is 79.0 Å². The van der Waals surface area contributed by atoms with E-state index >= 15 is 0 Å². The van der Waals surface area contributed by atoms with E-state index in [1.807, 2.05) is 44.4 Å². The Balaban J connectivity index is 1.64. The van der Waals surface area contributed by atoms with Gasteiger partial charge in [-0.1, -0.05) is 12.1 Å². The van der Waals surface area contributed by atoms with Crippen molar-refractivity contribution in [2.45, 2.75) is 38.1 Å². The lowest BCUT2D eigenvalue weighted by molar-refractivity contribution is -0.126. The van der Waals surface area contributed by atoms with E-state index in [9.17, 15) is 13.2 Å². The molecule has 1 heterocycles. The van der Waals surface area contributed by atoms with E-state index in [1.54, 1.807) is 36.0 Å². The minimum absolute atomic E-state index is 0.104. The number of benzene rings is 2. The van der Waals surface area contributed by atoms with Gasteiger partial charge in [0, 0.05) is 31.1 Å². The Bertz CT molecular complexity index is 1010. The van der Waals surface area contributed by atoms with Crippen LogP contribution in [0.25, 0.3) is 0 Å². The minimum Gasteiger partial charge on any atom is -0.494 e. The van der Waals surface area contributed by atoms with Crippen molar-refractivity contribution in [3.63, 3.8) is 0 Å². The average Bonchev–Trinajstić information content (AvgIpc) is 2.84. The van der Waals surface area contributed by atoms with Crippen LogP contribution in [-0.4, -0.2) is 51.1 Å². The molecule has 180 valence electrons. The molecule has 3 rings (SSSR count). The van der Waals surface area contributed by atoms with Crippen LogP contribution in [0, 0.1) is 5.92 Å². The molecular weight excluding hydrogens is 458 g/mol. The van der Waals surface area contributed by atoms with Gasteiger partial charge in [-0.2, -0.15) is 12.7 Å². The summed E-state index contributed by atoms with van der Waals surface area (Å²) in [6.45, 7) is 5.60. The highest BCUT2D eigenvalue weighted by Crippen LogP contribution is 2.27. The lowest BCUT2D eigenvalue weighted by Gasteiger charge is -2.35. The molecule has 0 spiro atoms. The predicted molar refractivity (Wildman–Crippen MR) is 134 cm³/mol. The van der Waals surface area contributed by atoms with E-state index < -0.39 is 10.2 Å². The number of nitrogens with one attached hydrogen (secondary N) is 1. The van der Waals surface area contributed by atoms with Crippen molar-refractivity contribution in [3.8, 4) is 5.75 Å². The summed E-state index contributed by atoms with van der Waals surface area (Å²) < 4.78 is 35.1. The first kappa shape index (κ1) is 25.4. The maximum Gasteiger partial charge on any atom is 0.304 e. The summed E-state index contributed by atoms with van der Waals surface area (Å²) >= 11 is 1.67. The van der Waals surface area contributed by atoms with Crippen molar-refractivity contribution in [1.82, 2.24) is 9.62 Å². The Kier molecular flexibility index (Phi) is 9.05. The zero-order valence-electron chi connectivity index (χ0n) is 19.5. The molecule has 2 aromatic carbocycles. The summed E-state index contributed by atoms with van der Waals surface area (Å²) in [5, 5.41) is 2.98. The highest BCUT2D eigenvalue weighted by molar-refractivity contribution is 7.98. The van der Waals surface area contributed by atoms with Gasteiger partial charge in [-0.15, -0.1) is 11.8 Å². The first-order valence-electron chi connectivity index (χ1n) is 11.3. The second-order valence-corrected chi connectivity index (χ2v) is 10.6. The molecule has 0 bridgehead atoms. The second-order valence-electron chi connectivity index (χ2n) is 7.86. The number of carbonyl (C=O) groups is 1. The van der Waals surface area contributed by atoms with Crippen molar-refractivity contribution in [2.24, 2.45) is 5.92 Å². The number of ether oxygens (including phenoxy) is 1. The molecule has 1 fully saturated rings. The number of nitrogens with zero attached hydrogens (tertiary/aromatic N) is 2. The molecule has 1 saturated heterocycles. The van der Waals surface area contributed by atoms with Crippen LogP contribution in [0.15, 0.2) is 53.4 Å². The molecule has 9 heteroatoms. The fraction of sp³-hybridized carbons (Fsp3) is 0.458. The third-order valence-corrected chi connectivity index (χ3v) is 8.46. The van der Waals surface area contributed by atoms with Crippen molar-refractivity contribution >= 4 is 33.6 Å². The molecule has 0 aromatic heterocycles. The van der Waals surface area contributed by atoms with Gasteiger partial charge in [0.1, 0.15) is 5.75 Å². The van der Waals surface area contributed by atoms with Gasteiger partial charge in [-0.25, -0.2) is 0 Å². The van der Waals surface area contributed by atoms with Crippen LogP contribution in [0.4, 0.5) is 5.69 Å². The van der Waals surface area contributed by atoms with E-state index in [2.05, 4.69) is 5.32 Å². The van der Waals surface area contributed by atoms with Gasteiger partial charge in [0.15, 0.2) is 0 Å². The number of carbonyl (C=O) groups excluding carboxylic acids is 1. The fourth-order valence-electron chi connectivity index (χ4n) is 3.94. The first-order chi connectivity index (χ1) is 15.9. The summed E-state index contributed by atoms with van der Waals surface area (Å²) in [5.41, 5.74) is 1.61. The molecular formula is C24H33N3O4S2. The Hall–Kier alpha value is -2.23. The van der Waals surface area contributed by atoms with Crippen LogP contribution in [0.2, 0.25) is 0 Å². The molecule has 0 aliphatic carbocycles. The second kappa shape index (κ2) is 11.8. The molecule has 1 amide bonds. The number of hydrogen-bond acceptors (Lipinski definition) is 5. The number of anilines is 1. The number of rotatable bonds is 10. The molecule has 1 aliphatic heterocycles. The maximum atomic E-state index is 13.4. The van der Waals surface area contributed by atoms with E-state index in [0.29, 0.717) is 50.5 Å². The average molecular weight is 492 g/mol. The van der Waals surface area contributed by atoms with E-state index in [4.69, 9.17) is 4.74 Å². The van der Waals surface area contributed by atoms with Gasteiger partial charge in [0.2, 0.25) is 5.91 Å². The SMILES string of the molecule is CCOc1ccc(N(CC)S(=O)(=O)N2CCC[C@@H](C(=O)NCc3ccc(SC)cc3)C2)cc1. The zero-order valence-corrected chi connectivity index (χ0v) is 21.1. The molecule has 2 aromatic rings. The molecule has 1 N–H and O–H groups in total. The first-order valence-corrected chi connectivity index (χ1v) is 13.9.